The van der Waals surface area contributed by atoms with Crippen molar-refractivity contribution in [3.63, 3.8) is 0 Å². The maximum Gasteiger partial charge on any atom is 0.361 e. The van der Waals surface area contributed by atoms with Gasteiger partial charge in [0.05, 0.1) is 26.9 Å². The number of ether oxygens (including phenoxy) is 2. The van der Waals surface area contributed by atoms with E-state index in [1.807, 2.05) is 0 Å². The van der Waals surface area contributed by atoms with Crippen molar-refractivity contribution in [2.24, 2.45) is 17.8 Å². The predicted molar refractivity (Wildman–Crippen MR) is 82.8 cm³/mol. The molecule has 1 aliphatic carbocycles. The summed E-state index contributed by atoms with van der Waals surface area (Å²) in [7, 11) is 2.11. The molecule has 3 atom stereocenters. The number of hydrogen-bond acceptors (Lipinski definition) is 3. The van der Waals surface area contributed by atoms with Crippen molar-refractivity contribution in [3.05, 3.63) is 11.6 Å². The molecule has 0 aromatic heterocycles. The highest BCUT2D eigenvalue weighted by molar-refractivity contribution is 5.70. The summed E-state index contributed by atoms with van der Waals surface area (Å²) < 4.78 is 11.7. The number of allylic oxidation sites excluding steroid dienone is 2. The molecule has 0 unspecified atom stereocenters. The molecule has 1 heterocycles. The minimum absolute atomic E-state index is 0.0647. The molecule has 1 saturated heterocycles. The van der Waals surface area contributed by atoms with Gasteiger partial charge in [-0.15, -0.1) is 0 Å². The summed E-state index contributed by atoms with van der Waals surface area (Å²) >= 11 is 0. The zero-order valence-corrected chi connectivity index (χ0v) is 13.9. The van der Waals surface area contributed by atoms with Crippen LogP contribution < -0.4 is 0 Å². The molecule has 0 amide bonds. The van der Waals surface area contributed by atoms with E-state index >= 15 is 0 Å². The lowest BCUT2D eigenvalue weighted by atomic mass is 9.75. The average molecular weight is 296 g/mol. The van der Waals surface area contributed by atoms with E-state index in [2.05, 4.69) is 33.9 Å². The largest absolute Gasteiger partial charge is 0.461 e. The fourth-order valence-electron chi connectivity index (χ4n) is 3.62. The third kappa shape index (κ3) is 4.55. The number of quaternary nitrogens is 1. The van der Waals surface area contributed by atoms with Crippen LogP contribution >= 0.6 is 0 Å². The van der Waals surface area contributed by atoms with Crippen molar-refractivity contribution in [1.82, 2.24) is 0 Å². The Morgan fingerprint density at radius 1 is 1.38 bits per heavy atom. The molecule has 0 aromatic rings. The topological polar surface area (TPSA) is 35.5 Å². The number of nitrogens with zero attached hydrogens (tertiary/aromatic N) is 1. The number of carbonyl (C=O) groups is 1. The van der Waals surface area contributed by atoms with Crippen molar-refractivity contribution < 1.29 is 18.8 Å². The molecular weight excluding hydrogens is 266 g/mol. The standard InChI is InChI=1S/C17H30NO3/c1-13-9-14(2)16(15(3)10-13)12-21-17(19)11-18(4)5-7-20-8-6-18/h9,14-16H,5-8,10-12H2,1-4H3/q+1/t14-,15-,16-/m0/s1. The molecule has 0 N–H and O–H groups in total. The van der Waals surface area contributed by atoms with E-state index in [1.165, 1.54) is 5.57 Å². The fourth-order valence-corrected chi connectivity index (χ4v) is 3.62. The highest BCUT2D eigenvalue weighted by Gasteiger charge is 2.31. The van der Waals surface area contributed by atoms with Gasteiger partial charge in [0, 0.05) is 5.92 Å². The molecule has 1 fully saturated rings. The van der Waals surface area contributed by atoms with Crippen molar-refractivity contribution >= 4 is 5.97 Å². The summed E-state index contributed by atoms with van der Waals surface area (Å²) in [5.41, 5.74) is 1.46. The van der Waals surface area contributed by atoms with Crippen LogP contribution in [0.5, 0.6) is 0 Å². The van der Waals surface area contributed by atoms with Gasteiger partial charge in [-0.2, -0.15) is 0 Å². The maximum absolute atomic E-state index is 12.1. The zero-order valence-electron chi connectivity index (χ0n) is 13.9. The van der Waals surface area contributed by atoms with E-state index < -0.39 is 0 Å². The summed E-state index contributed by atoms with van der Waals surface area (Å²) in [6.07, 6.45) is 3.45. The number of rotatable bonds is 4. The van der Waals surface area contributed by atoms with E-state index in [4.69, 9.17) is 9.47 Å². The Hall–Kier alpha value is -0.870. The van der Waals surface area contributed by atoms with Crippen LogP contribution in [-0.4, -0.2) is 57.0 Å². The smallest absolute Gasteiger partial charge is 0.361 e. The lowest BCUT2D eigenvalue weighted by Gasteiger charge is -2.37. The lowest BCUT2D eigenvalue weighted by molar-refractivity contribution is -0.910. The highest BCUT2D eigenvalue weighted by Crippen LogP contribution is 2.33. The summed E-state index contributed by atoms with van der Waals surface area (Å²) in [6, 6.07) is 0. The van der Waals surface area contributed by atoms with Gasteiger partial charge in [-0.1, -0.05) is 25.5 Å². The normalized spacial score (nSPS) is 32.4. The Labute approximate surface area is 128 Å². The number of morpholine rings is 1. The van der Waals surface area contributed by atoms with Crippen molar-refractivity contribution in [2.45, 2.75) is 27.2 Å². The second kappa shape index (κ2) is 6.93. The van der Waals surface area contributed by atoms with E-state index in [0.29, 0.717) is 30.9 Å². The maximum atomic E-state index is 12.1. The summed E-state index contributed by atoms with van der Waals surface area (Å²) in [5, 5.41) is 0. The summed E-state index contributed by atoms with van der Waals surface area (Å²) in [6.45, 7) is 11.0. The number of esters is 1. The molecule has 0 aromatic carbocycles. The van der Waals surface area contributed by atoms with E-state index in [1.54, 1.807) is 0 Å². The van der Waals surface area contributed by atoms with Crippen LogP contribution in [0.4, 0.5) is 0 Å². The van der Waals surface area contributed by atoms with Gasteiger partial charge in [-0.05, 0) is 25.2 Å². The molecule has 0 radical (unpaired) electrons. The second-order valence-electron chi connectivity index (χ2n) is 7.24. The van der Waals surface area contributed by atoms with Crippen LogP contribution in [0.15, 0.2) is 11.6 Å². The Balaban J connectivity index is 1.81. The van der Waals surface area contributed by atoms with Gasteiger partial charge in [-0.25, -0.2) is 4.79 Å². The zero-order chi connectivity index (χ0) is 15.5. The molecule has 0 saturated carbocycles. The Morgan fingerprint density at radius 2 is 2.05 bits per heavy atom. The minimum Gasteiger partial charge on any atom is -0.461 e. The molecule has 2 aliphatic rings. The quantitative estimate of drug-likeness (QED) is 0.453. The van der Waals surface area contributed by atoms with Crippen molar-refractivity contribution in [2.75, 3.05) is 46.5 Å². The van der Waals surface area contributed by atoms with Crippen LogP contribution in [0.1, 0.15) is 27.2 Å². The average Bonchev–Trinajstić information content (AvgIpc) is 2.37. The molecule has 120 valence electrons. The van der Waals surface area contributed by atoms with Gasteiger partial charge < -0.3 is 14.0 Å². The molecule has 4 nitrogen and oxygen atoms in total. The Morgan fingerprint density at radius 3 is 2.67 bits per heavy atom. The Bertz CT molecular complexity index is 399. The monoisotopic (exact) mass is 296 g/mol. The van der Waals surface area contributed by atoms with Crippen LogP contribution in [0.3, 0.4) is 0 Å². The first kappa shape index (κ1) is 16.5. The van der Waals surface area contributed by atoms with Crippen molar-refractivity contribution in [1.29, 1.82) is 0 Å². The second-order valence-corrected chi connectivity index (χ2v) is 7.24. The molecule has 0 bridgehead atoms. The summed E-state index contributed by atoms with van der Waals surface area (Å²) in [4.78, 5) is 12.1. The van der Waals surface area contributed by atoms with Gasteiger partial charge in [0.25, 0.3) is 0 Å². The lowest BCUT2D eigenvalue weighted by Crippen LogP contribution is -2.54. The van der Waals surface area contributed by atoms with Crippen LogP contribution in [-0.2, 0) is 14.3 Å². The van der Waals surface area contributed by atoms with Crippen LogP contribution in [0.2, 0.25) is 0 Å². The van der Waals surface area contributed by atoms with E-state index in [9.17, 15) is 4.79 Å². The van der Waals surface area contributed by atoms with Gasteiger partial charge in [0.15, 0.2) is 6.54 Å². The third-order valence-corrected chi connectivity index (χ3v) is 5.10. The highest BCUT2D eigenvalue weighted by atomic mass is 16.5. The minimum atomic E-state index is -0.0647. The number of likely N-dealkylation sites (N-methyl/N-ethyl adjacent to an activating group) is 1. The van der Waals surface area contributed by atoms with E-state index in [-0.39, 0.29) is 5.97 Å². The SMILES string of the molecule is CC1=C[C@H](C)[C@H](COC(=O)C[N+]2(C)CCOCC2)[C@@H](C)C1. The van der Waals surface area contributed by atoms with Gasteiger partial charge in [0.2, 0.25) is 0 Å². The summed E-state index contributed by atoms with van der Waals surface area (Å²) in [5.74, 6) is 1.47. The van der Waals surface area contributed by atoms with Gasteiger partial charge in [0.1, 0.15) is 13.1 Å². The molecule has 2 rings (SSSR count). The van der Waals surface area contributed by atoms with Crippen LogP contribution in [0.25, 0.3) is 0 Å². The fraction of sp³-hybridized carbons (Fsp3) is 0.824. The number of carbonyl (C=O) groups excluding carboxylic acids is 1. The van der Waals surface area contributed by atoms with Crippen molar-refractivity contribution in [3.8, 4) is 0 Å². The predicted octanol–water partition coefficient (Wildman–Crippen LogP) is 2.24. The molecular formula is C17H30NO3+. The molecule has 0 spiro atoms. The third-order valence-electron chi connectivity index (χ3n) is 5.10. The van der Waals surface area contributed by atoms with Gasteiger partial charge >= 0.3 is 5.97 Å². The molecule has 1 aliphatic heterocycles. The van der Waals surface area contributed by atoms with Gasteiger partial charge in [-0.3, -0.25) is 0 Å². The Kier molecular flexibility index (Phi) is 5.44. The van der Waals surface area contributed by atoms with E-state index in [0.717, 1.165) is 37.2 Å². The molecule has 4 heteroatoms. The number of hydrogen-bond donors (Lipinski definition) is 0. The first-order chi connectivity index (χ1) is 9.89. The van der Waals surface area contributed by atoms with Crippen LogP contribution in [0, 0.1) is 17.8 Å². The molecule has 21 heavy (non-hydrogen) atoms. The first-order valence-corrected chi connectivity index (χ1v) is 8.14. The first-order valence-electron chi connectivity index (χ1n) is 8.14.